The molecular weight excluding hydrogens is 357 g/mol. The van der Waals surface area contributed by atoms with Gasteiger partial charge in [0.2, 0.25) is 0 Å². The Morgan fingerprint density at radius 3 is 2.60 bits per heavy atom. The van der Waals surface area contributed by atoms with Crippen molar-refractivity contribution in [3.8, 4) is 5.69 Å². The number of nitrogens with one attached hydrogen (secondary N) is 2. The van der Waals surface area contributed by atoms with Gasteiger partial charge in [-0.2, -0.15) is 18.3 Å². The molecule has 2 N–H and O–H groups in total. The van der Waals surface area contributed by atoms with Gasteiger partial charge in [0.1, 0.15) is 0 Å². The minimum absolute atomic E-state index is 0. The van der Waals surface area contributed by atoms with Crippen molar-refractivity contribution in [1.29, 1.82) is 0 Å². The zero-order chi connectivity index (χ0) is 17.2. The Hall–Kier alpha value is -2.06. The van der Waals surface area contributed by atoms with E-state index in [1.807, 2.05) is 0 Å². The molecule has 1 amide bonds. The molecule has 25 heavy (non-hydrogen) atoms. The van der Waals surface area contributed by atoms with Gasteiger partial charge in [-0.3, -0.25) is 4.79 Å². The number of benzene rings is 1. The molecule has 5 nitrogen and oxygen atoms in total. The number of rotatable bonds is 3. The Bertz CT molecular complexity index is 712. The summed E-state index contributed by atoms with van der Waals surface area (Å²) in [4.78, 5) is 12.3. The van der Waals surface area contributed by atoms with Crippen molar-refractivity contribution in [3.63, 3.8) is 0 Å². The summed E-state index contributed by atoms with van der Waals surface area (Å²) in [6.45, 7) is 1.41. The maximum atomic E-state index is 13.5. The minimum Gasteiger partial charge on any atom is -0.348 e. The largest absolute Gasteiger partial charge is 0.434 e. The molecule has 136 valence electrons. The van der Waals surface area contributed by atoms with Crippen LogP contribution in [0.4, 0.5) is 13.2 Å². The standard InChI is InChI=1S/C16H17F3N4O.ClH/c17-16(18,19)14-13(15(24)22-11-5-4-8-20-9-11)10-21-23(14)12-6-2-1-3-7-12;/h1-3,6-7,10-11,20H,4-5,8-9H2,(H,22,24);1H/t11-;/m0./s1. The summed E-state index contributed by atoms with van der Waals surface area (Å²) >= 11 is 0. The number of alkyl halides is 3. The number of hydrogen-bond donors (Lipinski definition) is 2. The molecule has 2 heterocycles. The van der Waals surface area contributed by atoms with Crippen LogP contribution in [0.25, 0.3) is 5.69 Å². The first-order valence-electron chi connectivity index (χ1n) is 7.69. The molecule has 0 spiro atoms. The van der Waals surface area contributed by atoms with Crippen LogP contribution in [0.1, 0.15) is 28.9 Å². The fourth-order valence-corrected chi connectivity index (χ4v) is 2.79. The van der Waals surface area contributed by atoms with E-state index in [1.165, 1.54) is 12.1 Å². The van der Waals surface area contributed by atoms with E-state index in [2.05, 4.69) is 15.7 Å². The Morgan fingerprint density at radius 1 is 1.28 bits per heavy atom. The van der Waals surface area contributed by atoms with Gasteiger partial charge in [-0.1, -0.05) is 18.2 Å². The summed E-state index contributed by atoms with van der Waals surface area (Å²) in [5, 5.41) is 9.55. The highest BCUT2D eigenvalue weighted by Gasteiger charge is 2.40. The van der Waals surface area contributed by atoms with E-state index in [-0.39, 0.29) is 24.1 Å². The Kier molecular flexibility index (Phi) is 6.07. The molecule has 9 heteroatoms. The van der Waals surface area contributed by atoms with Crippen LogP contribution in [0.3, 0.4) is 0 Å². The van der Waals surface area contributed by atoms with Crippen LogP contribution >= 0.6 is 12.4 Å². The molecule has 0 bridgehead atoms. The lowest BCUT2D eigenvalue weighted by Crippen LogP contribution is -2.45. The van der Waals surface area contributed by atoms with Gasteiger partial charge < -0.3 is 10.6 Å². The molecule has 1 aromatic carbocycles. The molecular formula is C16H18ClF3N4O. The maximum Gasteiger partial charge on any atom is 0.434 e. The molecule has 2 aromatic rings. The quantitative estimate of drug-likeness (QED) is 0.868. The van der Waals surface area contributed by atoms with Crippen molar-refractivity contribution in [2.24, 2.45) is 0 Å². The van der Waals surface area contributed by atoms with Crippen LogP contribution in [0, 0.1) is 0 Å². The summed E-state index contributed by atoms with van der Waals surface area (Å²) in [6, 6.07) is 7.77. The highest BCUT2D eigenvalue weighted by molar-refractivity contribution is 5.95. The van der Waals surface area contributed by atoms with Gasteiger partial charge in [0.15, 0.2) is 5.69 Å². The second kappa shape index (κ2) is 7.88. The lowest BCUT2D eigenvalue weighted by atomic mass is 10.1. The number of halogens is 4. The number of para-hydroxylation sites is 1. The monoisotopic (exact) mass is 374 g/mol. The highest BCUT2D eigenvalue weighted by Crippen LogP contribution is 2.33. The summed E-state index contributed by atoms with van der Waals surface area (Å²) in [5.74, 6) is -0.752. The average Bonchev–Trinajstić information content (AvgIpc) is 3.02. The molecule has 0 radical (unpaired) electrons. The number of aromatic nitrogens is 2. The number of carbonyl (C=O) groups excluding carboxylic acids is 1. The maximum absolute atomic E-state index is 13.5. The third-order valence-corrected chi connectivity index (χ3v) is 3.92. The summed E-state index contributed by atoms with van der Waals surface area (Å²) in [7, 11) is 0. The molecule has 1 aliphatic rings. The lowest BCUT2D eigenvalue weighted by Gasteiger charge is -2.24. The van der Waals surface area contributed by atoms with Crippen molar-refractivity contribution in [2.45, 2.75) is 25.1 Å². The van der Waals surface area contributed by atoms with Gasteiger partial charge in [0, 0.05) is 12.6 Å². The predicted octanol–water partition coefficient (Wildman–Crippen LogP) is 2.79. The first-order valence-corrected chi connectivity index (χ1v) is 7.69. The van der Waals surface area contributed by atoms with E-state index in [4.69, 9.17) is 0 Å². The number of hydrogen-bond acceptors (Lipinski definition) is 3. The Morgan fingerprint density at radius 2 is 2.00 bits per heavy atom. The average molecular weight is 375 g/mol. The van der Waals surface area contributed by atoms with Crippen LogP contribution in [-0.2, 0) is 6.18 Å². The fourth-order valence-electron chi connectivity index (χ4n) is 2.79. The topological polar surface area (TPSA) is 59.0 Å². The predicted molar refractivity (Wildman–Crippen MR) is 89.2 cm³/mol. The second-order valence-corrected chi connectivity index (χ2v) is 5.67. The first kappa shape index (κ1) is 19.3. The number of amides is 1. The zero-order valence-electron chi connectivity index (χ0n) is 13.2. The van der Waals surface area contributed by atoms with E-state index in [1.54, 1.807) is 18.2 Å². The van der Waals surface area contributed by atoms with Crippen LogP contribution < -0.4 is 10.6 Å². The molecule has 1 atom stereocenters. The summed E-state index contributed by atoms with van der Waals surface area (Å²) in [5.41, 5.74) is -1.27. The molecule has 3 rings (SSSR count). The number of piperidine rings is 1. The van der Waals surface area contributed by atoms with E-state index in [0.717, 1.165) is 30.3 Å². The molecule has 0 unspecified atom stereocenters. The van der Waals surface area contributed by atoms with Crippen molar-refractivity contribution < 1.29 is 18.0 Å². The molecule has 1 aliphatic heterocycles. The van der Waals surface area contributed by atoms with Gasteiger partial charge >= 0.3 is 6.18 Å². The third kappa shape index (κ3) is 4.32. The van der Waals surface area contributed by atoms with Crippen LogP contribution in [-0.4, -0.2) is 34.8 Å². The van der Waals surface area contributed by atoms with Crippen LogP contribution in [0.5, 0.6) is 0 Å². The lowest BCUT2D eigenvalue weighted by molar-refractivity contribution is -0.143. The number of nitrogens with zero attached hydrogens (tertiary/aromatic N) is 2. The molecule has 0 aliphatic carbocycles. The van der Waals surface area contributed by atoms with E-state index in [9.17, 15) is 18.0 Å². The van der Waals surface area contributed by atoms with E-state index < -0.39 is 23.3 Å². The first-order chi connectivity index (χ1) is 11.5. The zero-order valence-corrected chi connectivity index (χ0v) is 14.0. The van der Waals surface area contributed by atoms with Crippen molar-refractivity contribution in [1.82, 2.24) is 20.4 Å². The van der Waals surface area contributed by atoms with Gasteiger partial charge in [0.25, 0.3) is 5.91 Å². The second-order valence-electron chi connectivity index (χ2n) is 5.67. The summed E-state index contributed by atoms with van der Waals surface area (Å²) < 4.78 is 41.3. The molecule has 1 saturated heterocycles. The normalized spacial score (nSPS) is 17.6. The Balaban J connectivity index is 0.00000225. The van der Waals surface area contributed by atoms with Crippen LogP contribution in [0.2, 0.25) is 0 Å². The SMILES string of the molecule is Cl.O=C(N[C@H]1CCCNC1)c1cnn(-c2ccccc2)c1C(F)(F)F. The van der Waals surface area contributed by atoms with Crippen molar-refractivity contribution >= 4 is 18.3 Å². The highest BCUT2D eigenvalue weighted by atomic mass is 35.5. The smallest absolute Gasteiger partial charge is 0.348 e. The van der Waals surface area contributed by atoms with Gasteiger partial charge in [-0.15, -0.1) is 12.4 Å². The van der Waals surface area contributed by atoms with E-state index >= 15 is 0 Å². The molecule has 0 saturated carbocycles. The third-order valence-electron chi connectivity index (χ3n) is 3.92. The molecule has 1 fully saturated rings. The fraction of sp³-hybridized carbons (Fsp3) is 0.375. The van der Waals surface area contributed by atoms with Gasteiger partial charge in [-0.05, 0) is 31.5 Å². The Labute approximate surface area is 149 Å². The summed E-state index contributed by atoms with van der Waals surface area (Å²) in [6.07, 6.45) is -2.10. The van der Waals surface area contributed by atoms with Crippen LogP contribution in [0.15, 0.2) is 36.5 Å². The van der Waals surface area contributed by atoms with E-state index in [0.29, 0.717) is 6.54 Å². The van der Waals surface area contributed by atoms with Gasteiger partial charge in [-0.25, -0.2) is 4.68 Å². The molecule has 1 aromatic heterocycles. The van der Waals surface area contributed by atoms with Gasteiger partial charge in [0.05, 0.1) is 17.4 Å². The minimum atomic E-state index is -4.69. The number of carbonyl (C=O) groups is 1. The van der Waals surface area contributed by atoms with Crippen molar-refractivity contribution in [3.05, 3.63) is 47.8 Å². The van der Waals surface area contributed by atoms with Crippen molar-refractivity contribution in [2.75, 3.05) is 13.1 Å².